The Balaban J connectivity index is 0.000000252. The zero-order valence-electron chi connectivity index (χ0n) is 8.37. The van der Waals surface area contributed by atoms with Crippen LogP contribution in [-0.2, 0) is 4.79 Å². The molecule has 0 aliphatic heterocycles. The van der Waals surface area contributed by atoms with E-state index < -0.39 is 5.97 Å². The van der Waals surface area contributed by atoms with Gasteiger partial charge in [0.2, 0.25) is 0 Å². The molecule has 0 heterocycles. The SMILES string of the molecule is CCC(=O)O.Cc1cccc(C)c1. The molecule has 2 heteroatoms. The van der Waals surface area contributed by atoms with E-state index in [2.05, 4.69) is 38.1 Å². The smallest absolute Gasteiger partial charge is 0.303 e. The minimum Gasteiger partial charge on any atom is -0.481 e. The molecule has 0 saturated carbocycles. The average molecular weight is 180 g/mol. The summed E-state index contributed by atoms with van der Waals surface area (Å²) in [5.74, 6) is -0.745. The van der Waals surface area contributed by atoms with E-state index >= 15 is 0 Å². The molecule has 1 aromatic rings. The first-order valence-corrected chi connectivity index (χ1v) is 4.31. The second-order valence-electron chi connectivity index (χ2n) is 2.91. The van der Waals surface area contributed by atoms with Gasteiger partial charge in [0.05, 0.1) is 0 Å². The summed E-state index contributed by atoms with van der Waals surface area (Å²) >= 11 is 0. The quantitative estimate of drug-likeness (QED) is 0.721. The number of benzene rings is 1. The molecule has 0 fully saturated rings. The number of carbonyl (C=O) groups is 1. The first-order valence-electron chi connectivity index (χ1n) is 4.31. The zero-order chi connectivity index (χ0) is 10.3. The van der Waals surface area contributed by atoms with Gasteiger partial charge in [-0.05, 0) is 13.8 Å². The van der Waals surface area contributed by atoms with Crippen molar-refractivity contribution in [2.24, 2.45) is 0 Å². The lowest BCUT2D eigenvalue weighted by Crippen LogP contribution is -1.86. The van der Waals surface area contributed by atoms with Gasteiger partial charge in [-0.25, -0.2) is 0 Å². The van der Waals surface area contributed by atoms with Crippen LogP contribution in [0.2, 0.25) is 0 Å². The molecule has 0 saturated heterocycles. The van der Waals surface area contributed by atoms with Crippen molar-refractivity contribution in [3.8, 4) is 0 Å². The van der Waals surface area contributed by atoms with E-state index in [1.54, 1.807) is 6.92 Å². The summed E-state index contributed by atoms with van der Waals surface area (Å²) in [7, 11) is 0. The van der Waals surface area contributed by atoms with E-state index in [0.29, 0.717) is 0 Å². The van der Waals surface area contributed by atoms with Crippen LogP contribution < -0.4 is 0 Å². The first kappa shape index (κ1) is 11.7. The number of aliphatic carboxylic acids is 1. The molecule has 1 rings (SSSR count). The third kappa shape index (κ3) is 7.06. The lowest BCUT2D eigenvalue weighted by Gasteiger charge is -1.90. The second kappa shape index (κ2) is 6.23. The minimum absolute atomic E-state index is 0.222. The van der Waals surface area contributed by atoms with Gasteiger partial charge in [-0.1, -0.05) is 42.3 Å². The Labute approximate surface area is 79.2 Å². The lowest BCUT2D eigenvalue weighted by molar-refractivity contribution is -0.136. The minimum atomic E-state index is -0.745. The van der Waals surface area contributed by atoms with Crippen LogP contribution in [0.1, 0.15) is 24.5 Å². The van der Waals surface area contributed by atoms with Crippen molar-refractivity contribution in [1.82, 2.24) is 0 Å². The topological polar surface area (TPSA) is 37.3 Å². The van der Waals surface area contributed by atoms with Gasteiger partial charge < -0.3 is 5.11 Å². The summed E-state index contributed by atoms with van der Waals surface area (Å²) in [5, 5.41) is 7.72. The molecule has 0 aromatic heterocycles. The van der Waals surface area contributed by atoms with Gasteiger partial charge in [-0.3, -0.25) is 4.79 Å². The Morgan fingerprint density at radius 1 is 1.31 bits per heavy atom. The van der Waals surface area contributed by atoms with Gasteiger partial charge >= 0.3 is 5.97 Å². The Kier molecular flexibility index (Phi) is 5.60. The van der Waals surface area contributed by atoms with Crippen LogP contribution in [-0.4, -0.2) is 11.1 Å². The Bertz CT molecular complexity index is 249. The second-order valence-corrected chi connectivity index (χ2v) is 2.91. The highest BCUT2D eigenvalue weighted by molar-refractivity contribution is 5.66. The molecule has 0 amide bonds. The van der Waals surface area contributed by atoms with Crippen LogP contribution in [0, 0.1) is 13.8 Å². The van der Waals surface area contributed by atoms with E-state index in [0.717, 1.165) is 0 Å². The van der Waals surface area contributed by atoms with E-state index in [-0.39, 0.29) is 6.42 Å². The number of hydrogen-bond donors (Lipinski definition) is 1. The predicted octanol–water partition coefficient (Wildman–Crippen LogP) is 2.78. The average Bonchev–Trinajstić information content (AvgIpc) is 2.05. The number of aryl methyl sites for hydroxylation is 2. The zero-order valence-corrected chi connectivity index (χ0v) is 8.37. The third-order valence-corrected chi connectivity index (χ3v) is 1.48. The third-order valence-electron chi connectivity index (χ3n) is 1.48. The molecule has 0 unspecified atom stereocenters. The molecular formula is C11H16O2. The fourth-order valence-electron chi connectivity index (χ4n) is 0.807. The summed E-state index contributed by atoms with van der Waals surface area (Å²) < 4.78 is 0. The fourth-order valence-corrected chi connectivity index (χ4v) is 0.807. The largest absolute Gasteiger partial charge is 0.481 e. The lowest BCUT2D eigenvalue weighted by atomic mass is 10.2. The maximum Gasteiger partial charge on any atom is 0.303 e. The van der Waals surface area contributed by atoms with E-state index in [9.17, 15) is 4.79 Å². The maximum absolute atomic E-state index is 9.37. The number of carboxylic acid groups (broad SMARTS) is 1. The normalized spacial score (nSPS) is 8.54. The van der Waals surface area contributed by atoms with Crippen molar-refractivity contribution in [3.05, 3.63) is 35.4 Å². The molecule has 13 heavy (non-hydrogen) atoms. The van der Waals surface area contributed by atoms with Crippen LogP contribution in [0.3, 0.4) is 0 Å². The monoisotopic (exact) mass is 180 g/mol. The Hall–Kier alpha value is -1.31. The molecule has 1 aromatic carbocycles. The predicted molar refractivity (Wildman–Crippen MR) is 53.8 cm³/mol. The van der Waals surface area contributed by atoms with E-state index in [1.807, 2.05) is 0 Å². The fraction of sp³-hybridized carbons (Fsp3) is 0.364. The summed E-state index contributed by atoms with van der Waals surface area (Å²) in [6, 6.07) is 8.45. The van der Waals surface area contributed by atoms with Crippen molar-refractivity contribution in [1.29, 1.82) is 0 Å². The molecular weight excluding hydrogens is 164 g/mol. The van der Waals surface area contributed by atoms with E-state index in [4.69, 9.17) is 5.11 Å². The van der Waals surface area contributed by atoms with Crippen LogP contribution in [0.15, 0.2) is 24.3 Å². The van der Waals surface area contributed by atoms with Crippen LogP contribution in [0.4, 0.5) is 0 Å². The molecule has 0 radical (unpaired) electrons. The number of rotatable bonds is 1. The molecule has 1 N–H and O–H groups in total. The maximum atomic E-state index is 9.37. The van der Waals surface area contributed by atoms with Crippen LogP contribution >= 0.6 is 0 Å². The van der Waals surface area contributed by atoms with Crippen LogP contribution in [0.5, 0.6) is 0 Å². The Morgan fingerprint density at radius 3 is 1.85 bits per heavy atom. The van der Waals surface area contributed by atoms with Crippen LogP contribution in [0.25, 0.3) is 0 Å². The highest BCUT2D eigenvalue weighted by Crippen LogP contribution is 2.00. The molecule has 0 spiro atoms. The van der Waals surface area contributed by atoms with Crippen molar-refractivity contribution < 1.29 is 9.90 Å². The van der Waals surface area contributed by atoms with Gasteiger partial charge in [-0.2, -0.15) is 0 Å². The highest BCUT2D eigenvalue weighted by Gasteiger charge is 1.81. The molecule has 0 aliphatic carbocycles. The van der Waals surface area contributed by atoms with Crippen molar-refractivity contribution in [2.75, 3.05) is 0 Å². The molecule has 0 atom stereocenters. The standard InChI is InChI=1S/C8H10.C3H6O2/c1-7-4-3-5-8(2)6-7;1-2-3(4)5/h3-6H,1-2H3;2H2,1H3,(H,4,5). The highest BCUT2D eigenvalue weighted by atomic mass is 16.4. The first-order chi connectivity index (χ1) is 6.06. The van der Waals surface area contributed by atoms with Gasteiger partial charge in [0.1, 0.15) is 0 Å². The summed E-state index contributed by atoms with van der Waals surface area (Å²) in [5.41, 5.74) is 2.68. The van der Waals surface area contributed by atoms with Crippen molar-refractivity contribution in [3.63, 3.8) is 0 Å². The molecule has 0 bridgehead atoms. The van der Waals surface area contributed by atoms with Gasteiger partial charge in [0.25, 0.3) is 0 Å². The summed E-state index contributed by atoms with van der Waals surface area (Å²) in [4.78, 5) is 9.37. The van der Waals surface area contributed by atoms with Gasteiger partial charge in [0.15, 0.2) is 0 Å². The molecule has 2 nitrogen and oxygen atoms in total. The van der Waals surface area contributed by atoms with Gasteiger partial charge in [-0.15, -0.1) is 0 Å². The molecule has 72 valence electrons. The van der Waals surface area contributed by atoms with Gasteiger partial charge in [0, 0.05) is 6.42 Å². The summed E-state index contributed by atoms with van der Waals surface area (Å²) in [6.07, 6.45) is 0.222. The number of carboxylic acids is 1. The summed E-state index contributed by atoms with van der Waals surface area (Å²) in [6.45, 7) is 5.81. The Morgan fingerprint density at radius 2 is 1.69 bits per heavy atom. The number of hydrogen-bond acceptors (Lipinski definition) is 1. The van der Waals surface area contributed by atoms with Crippen molar-refractivity contribution in [2.45, 2.75) is 27.2 Å². The van der Waals surface area contributed by atoms with Crippen molar-refractivity contribution >= 4 is 5.97 Å². The van der Waals surface area contributed by atoms with E-state index in [1.165, 1.54) is 11.1 Å². The molecule has 0 aliphatic rings.